The van der Waals surface area contributed by atoms with Gasteiger partial charge in [0.25, 0.3) is 0 Å². The van der Waals surface area contributed by atoms with E-state index in [4.69, 9.17) is 11.5 Å². The molecule has 6 N–H and O–H groups in total. The normalized spacial score (nSPS) is 15.6. The minimum Gasteiger partial charge on any atom is -0.430 e. The summed E-state index contributed by atoms with van der Waals surface area (Å²) >= 11 is 0. The van der Waals surface area contributed by atoms with Gasteiger partial charge < -0.3 is 32.7 Å². The molecule has 0 aliphatic carbocycles. The Morgan fingerprint density at radius 3 is 0.860 bits per heavy atom. The van der Waals surface area contributed by atoms with Gasteiger partial charge in [-0.2, -0.15) is 0 Å². The van der Waals surface area contributed by atoms with Crippen LogP contribution in [0.5, 0.6) is 0 Å². The van der Waals surface area contributed by atoms with Gasteiger partial charge in [0, 0.05) is 13.1 Å². The Morgan fingerprint density at radius 2 is 0.698 bits per heavy atom. The van der Waals surface area contributed by atoms with Crippen LogP contribution in [0.4, 0.5) is 9.59 Å². The second-order valence-corrected chi connectivity index (χ2v) is 9.24. The summed E-state index contributed by atoms with van der Waals surface area (Å²) in [6, 6.07) is 35.4. The predicted octanol–water partition coefficient (Wildman–Crippen LogP) is 4.01. The van der Waals surface area contributed by atoms with Crippen molar-refractivity contribution in [1.82, 2.24) is 10.6 Å². The molecule has 0 radical (unpaired) electrons. The summed E-state index contributed by atoms with van der Waals surface area (Å²) in [5, 5.41) is 12.4. The third-order valence-electron chi connectivity index (χ3n) is 6.63. The summed E-state index contributed by atoms with van der Waals surface area (Å²) < 4.78 is 0. The summed E-state index contributed by atoms with van der Waals surface area (Å²) in [5.74, 6) is -0.954. The number of benzene rings is 4. The van der Waals surface area contributed by atoms with Crippen molar-refractivity contribution in [3.63, 3.8) is 0 Å². The fourth-order valence-corrected chi connectivity index (χ4v) is 4.70. The van der Waals surface area contributed by atoms with E-state index in [0.29, 0.717) is 35.3 Å². The first-order valence-electron chi connectivity index (χ1n) is 13.2. The van der Waals surface area contributed by atoms with Crippen molar-refractivity contribution in [2.45, 2.75) is 11.1 Å². The van der Waals surface area contributed by atoms with Gasteiger partial charge in [-0.1, -0.05) is 121 Å². The Hall–Kier alpha value is -4.70. The van der Waals surface area contributed by atoms with Gasteiger partial charge in [0.15, 0.2) is 23.9 Å². The molecule has 0 aromatic heterocycles. The molecule has 0 spiro atoms. The largest absolute Gasteiger partial charge is 2.00 e. The standard InChI is InChI=1S/2C15H12N2O2.C2H8N2.Zn/c2*18-13-15(17-14(19)16-13,11-7-3-1-4-8-11)12-9-5-2-6-10-12;3-1-2-4;/h2*1-10H,(H2,16,17,18,19);1-4H2;/q;;;+2/p-2. The molecule has 2 aliphatic rings. The summed E-state index contributed by atoms with van der Waals surface area (Å²) in [7, 11) is 0. The van der Waals surface area contributed by atoms with Crippen molar-refractivity contribution in [2.24, 2.45) is 11.5 Å². The summed E-state index contributed by atoms with van der Waals surface area (Å²) in [4.78, 5) is 47.5. The SMILES string of the molecule is NCCN.O=C1[N-]C(=O)C(c2ccccc2)(c2ccccc2)N1.O=C1[N-]C(=O)C(c2ccccc2)(c2ccccc2)N1.[Zn+2]. The zero-order valence-electron chi connectivity index (χ0n) is 23.4. The number of carbonyl (C=O) groups excluding carboxylic acids is 4. The maximum atomic E-state index is 12.3. The summed E-state index contributed by atoms with van der Waals surface area (Å²) in [6.45, 7) is 1.19. The van der Waals surface area contributed by atoms with Crippen molar-refractivity contribution in [3.8, 4) is 0 Å². The van der Waals surface area contributed by atoms with Crippen LogP contribution in [-0.2, 0) is 40.1 Å². The average Bonchev–Trinajstić information content (AvgIpc) is 3.53. The Kier molecular flexibility index (Phi) is 11.4. The van der Waals surface area contributed by atoms with E-state index in [-0.39, 0.29) is 19.5 Å². The fraction of sp³-hybridized carbons (Fsp3) is 0.125. The second kappa shape index (κ2) is 15.0. The topological polar surface area (TPSA) is 173 Å². The number of hydrogen-bond acceptors (Lipinski definition) is 6. The Morgan fingerprint density at radius 1 is 0.465 bits per heavy atom. The molecule has 0 atom stereocenters. The molecule has 4 aromatic rings. The molecule has 11 heteroatoms. The van der Waals surface area contributed by atoms with E-state index in [1.165, 1.54) is 0 Å². The molecule has 2 heterocycles. The van der Waals surface area contributed by atoms with E-state index in [1.807, 2.05) is 121 Å². The predicted molar refractivity (Wildman–Crippen MR) is 159 cm³/mol. The monoisotopic (exact) mass is 626 g/mol. The van der Waals surface area contributed by atoms with Crippen molar-refractivity contribution in [1.29, 1.82) is 0 Å². The van der Waals surface area contributed by atoms with Crippen LogP contribution in [-0.4, -0.2) is 37.0 Å². The van der Waals surface area contributed by atoms with Crippen molar-refractivity contribution in [3.05, 3.63) is 154 Å². The molecule has 6 rings (SSSR count). The molecule has 6 amide bonds. The number of imide groups is 2. The van der Waals surface area contributed by atoms with Crippen LogP contribution in [0.15, 0.2) is 121 Å². The number of urea groups is 2. The van der Waals surface area contributed by atoms with Gasteiger partial charge in [-0.3, -0.25) is 19.2 Å². The van der Waals surface area contributed by atoms with E-state index >= 15 is 0 Å². The average molecular weight is 628 g/mol. The number of rotatable bonds is 5. The first-order valence-corrected chi connectivity index (χ1v) is 13.2. The Bertz CT molecular complexity index is 1330. The minimum atomic E-state index is -1.19. The Labute approximate surface area is 262 Å². The van der Waals surface area contributed by atoms with Crippen LogP contribution >= 0.6 is 0 Å². The van der Waals surface area contributed by atoms with Crippen LogP contribution < -0.4 is 22.1 Å². The van der Waals surface area contributed by atoms with Crippen molar-refractivity contribution in [2.75, 3.05) is 13.1 Å². The minimum absolute atomic E-state index is 0. The molecular formula is C32H30N6O4Zn. The molecule has 214 valence electrons. The molecular weight excluding hydrogens is 598 g/mol. The van der Waals surface area contributed by atoms with Crippen molar-refractivity contribution < 1.29 is 38.7 Å². The summed E-state index contributed by atoms with van der Waals surface area (Å²) in [6.07, 6.45) is 0. The molecule has 0 saturated carbocycles. The van der Waals surface area contributed by atoms with E-state index in [2.05, 4.69) is 21.3 Å². The van der Waals surface area contributed by atoms with Gasteiger partial charge in [0.2, 0.25) is 0 Å². The van der Waals surface area contributed by atoms with Gasteiger partial charge in [-0.15, -0.1) is 0 Å². The third-order valence-corrected chi connectivity index (χ3v) is 6.63. The quantitative estimate of drug-likeness (QED) is 0.192. The number of nitrogens with one attached hydrogen (secondary N) is 2. The molecule has 0 bridgehead atoms. The molecule has 2 fully saturated rings. The van der Waals surface area contributed by atoms with Gasteiger partial charge >= 0.3 is 19.5 Å². The zero-order valence-corrected chi connectivity index (χ0v) is 26.3. The van der Waals surface area contributed by atoms with E-state index in [9.17, 15) is 19.2 Å². The maximum absolute atomic E-state index is 12.3. The number of hydrogen-bond donors (Lipinski definition) is 4. The second-order valence-electron chi connectivity index (χ2n) is 9.24. The maximum Gasteiger partial charge on any atom is 2.00 e. The number of nitrogens with zero attached hydrogens (tertiary/aromatic N) is 2. The van der Waals surface area contributed by atoms with Gasteiger partial charge in [-0.05, 0) is 22.3 Å². The molecule has 2 aliphatic heterocycles. The summed E-state index contributed by atoms with van der Waals surface area (Å²) in [5.41, 5.74) is 10.3. The number of nitrogens with two attached hydrogens (primary N) is 2. The van der Waals surface area contributed by atoms with Crippen LogP contribution in [0.25, 0.3) is 10.6 Å². The molecule has 0 unspecified atom stereocenters. The molecule has 4 aromatic carbocycles. The van der Waals surface area contributed by atoms with Gasteiger partial charge in [0.1, 0.15) is 0 Å². The molecule has 2 saturated heterocycles. The third kappa shape index (κ3) is 6.86. The first kappa shape index (κ1) is 32.8. The van der Waals surface area contributed by atoms with Crippen LogP contribution in [0.2, 0.25) is 0 Å². The van der Waals surface area contributed by atoms with E-state index in [1.54, 1.807) is 0 Å². The van der Waals surface area contributed by atoms with Crippen LogP contribution in [0.1, 0.15) is 22.3 Å². The molecule has 43 heavy (non-hydrogen) atoms. The fourth-order valence-electron chi connectivity index (χ4n) is 4.70. The zero-order chi connectivity index (χ0) is 30.0. The first-order chi connectivity index (χ1) is 20.4. The number of carbonyl (C=O) groups is 4. The van der Waals surface area contributed by atoms with Crippen molar-refractivity contribution >= 4 is 23.9 Å². The van der Waals surface area contributed by atoms with Gasteiger partial charge in [0.05, 0.1) is 11.1 Å². The Balaban J connectivity index is 0.000000206. The van der Waals surface area contributed by atoms with Crippen LogP contribution in [0.3, 0.4) is 0 Å². The van der Waals surface area contributed by atoms with Crippen LogP contribution in [0, 0.1) is 0 Å². The smallest absolute Gasteiger partial charge is 0.430 e. The molecule has 10 nitrogen and oxygen atoms in total. The van der Waals surface area contributed by atoms with E-state index in [0.717, 1.165) is 0 Å². The van der Waals surface area contributed by atoms with E-state index < -0.39 is 35.0 Å². The van der Waals surface area contributed by atoms with Gasteiger partial charge in [-0.25, -0.2) is 0 Å². The number of amides is 6.